The van der Waals surface area contributed by atoms with Gasteiger partial charge in [-0.25, -0.2) is 10.1 Å². The van der Waals surface area contributed by atoms with E-state index in [0.29, 0.717) is 11.7 Å². The van der Waals surface area contributed by atoms with Gasteiger partial charge in [-0.3, -0.25) is 9.89 Å². The summed E-state index contributed by atoms with van der Waals surface area (Å²) in [7, 11) is 0. The summed E-state index contributed by atoms with van der Waals surface area (Å²) in [4.78, 5) is 17.2. The number of esters is 1. The Kier molecular flexibility index (Phi) is 5.14. The normalized spacial score (nSPS) is 21.1. The second-order valence-corrected chi connectivity index (χ2v) is 6.61. The molecule has 0 aromatic heterocycles. The third-order valence-corrected chi connectivity index (χ3v) is 5.02. The van der Waals surface area contributed by atoms with Crippen molar-refractivity contribution in [3.05, 3.63) is 30.3 Å². The lowest BCUT2D eigenvalue weighted by Gasteiger charge is -2.37. The first kappa shape index (κ1) is 16.9. The quantitative estimate of drug-likeness (QED) is 0.632. The molecule has 1 saturated carbocycles. The molecule has 1 spiro atoms. The van der Waals surface area contributed by atoms with Gasteiger partial charge in [-0.1, -0.05) is 37.5 Å². The van der Waals surface area contributed by atoms with Crippen LogP contribution in [0.3, 0.4) is 0 Å². The molecule has 128 valence electrons. The number of anilines is 1. The van der Waals surface area contributed by atoms with Gasteiger partial charge in [0, 0.05) is 5.69 Å². The molecule has 5 nitrogen and oxygen atoms in total. The number of para-hydroxylation sites is 1. The van der Waals surface area contributed by atoms with Crippen LogP contribution in [-0.2, 0) is 9.53 Å². The van der Waals surface area contributed by atoms with Crippen molar-refractivity contribution < 1.29 is 14.5 Å². The molecule has 2 fully saturated rings. The number of amidine groups is 1. The van der Waals surface area contributed by atoms with Gasteiger partial charge >= 0.3 is 5.97 Å². The topological polar surface area (TPSA) is 55.5 Å². The summed E-state index contributed by atoms with van der Waals surface area (Å²) in [5.41, 5.74) is 0.883. The van der Waals surface area contributed by atoms with Crippen LogP contribution in [0, 0.1) is 0 Å². The van der Waals surface area contributed by atoms with E-state index >= 15 is 0 Å². The maximum atomic E-state index is 11.7. The molecule has 6 heteroatoms. The van der Waals surface area contributed by atoms with Gasteiger partial charge in [0.2, 0.25) is 0 Å². The second-order valence-electron chi connectivity index (χ2n) is 6.23. The Hall–Kier alpha value is -1.95. The lowest BCUT2D eigenvalue weighted by Crippen LogP contribution is -2.81. The molecule has 1 heterocycles. The zero-order valence-corrected chi connectivity index (χ0v) is 14.8. The van der Waals surface area contributed by atoms with E-state index in [-0.39, 0.29) is 18.1 Å². The minimum absolute atomic E-state index is 0.156. The van der Waals surface area contributed by atoms with Crippen LogP contribution in [0.1, 0.15) is 39.0 Å². The van der Waals surface area contributed by atoms with Crippen molar-refractivity contribution in [1.29, 1.82) is 0 Å². The van der Waals surface area contributed by atoms with Gasteiger partial charge < -0.3 is 4.74 Å². The SMILES string of the molecule is CCOC(=O)C[NH+]=C1NC(=S)N(c2ccccc2)C12CCCCC2. The number of hydrogen-bond acceptors (Lipinski definition) is 3. The zero-order valence-electron chi connectivity index (χ0n) is 14.0. The summed E-state index contributed by atoms with van der Waals surface area (Å²) in [6.45, 7) is 2.36. The van der Waals surface area contributed by atoms with Crippen molar-refractivity contribution in [2.24, 2.45) is 0 Å². The number of carbonyl (C=O) groups excluding carboxylic acids is 1. The summed E-state index contributed by atoms with van der Waals surface area (Å²) >= 11 is 5.62. The maximum Gasteiger partial charge on any atom is 0.347 e. The third-order valence-electron chi connectivity index (χ3n) is 4.74. The second kappa shape index (κ2) is 7.30. The average Bonchev–Trinajstić information content (AvgIpc) is 2.86. The summed E-state index contributed by atoms with van der Waals surface area (Å²) < 4.78 is 5.03. The summed E-state index contributed by atoms with van der Waals surface area (Å²) in [6, 6.07) is 10.2. The molecule has 2 N–H and O–H groups in total. The molecule has 2 aliphatic rings. The lowest BCUT2D eigenvalue weighted by molar-refractivity contribution is -0.451. The minimum Gasteiger partial charge on any atom is -0.463 e. The van der Waals surface area contributed by atoms with Crippen LogP contribution in [0.25, 0.3) is 0 Å². The zero-order chi connectivity index (χ0) is 17.0. The van der Waals surface area contributed by atoms with Crippen LogP contribution in [0.5, 0.6) is 0 Å². The Morgan fingerprint density at radius 3 is 2.67 bits per heavy atom. The molecular formula is C18H24N3O2S+. The Bertz CT molecular complexity index is 639. The van der Waals surface area contributed by atoms with Gasteiger partial charge in [-0.2, -0.15) is 0 Å². The summed E-state index contributed by atoms with van der Waals surface area (Å²) in [5.74, 6) is 0.686. The highest BCUT2D eigenvalue weighted by molar-refractivity contribution is 7.80. The first-order valence-electron chi connectivity index (χ1n) is 8.60. The first-order chi connectivity index (χ1) is 11.7. The number of benzene rings is 1. The van der Waals surface area contributed by atoms with Crippen LogP contribution in [0.15, 0.2) is 30.3 Å². The number of ether oxygens (including phenoxy) is 1. The van der Waals surface area contributed by atoms with Crippen LogP contribution >= 0.6 is 12.2 Å². The average molecular weight is 346 g/mol. The van der Waals surface area contributed by atoms with E-state index < -0.39 is 0 Å². The first-order valence-corrected chi connectivity index (χ1v) is 9.01. The van der Waals surface area contributed by atoms with E-state index in [2.05, 4.69) is 27.3 Å². The smallest absolute Gasteiger partial charge is 0.347 e. The van der Waals surface area contributed by atoms with E-state index in [1.54, 1.807) is 0 Å². The van der Waals surface area contributed by atoms with E-state index in [0.717, 1.165) is 37.2 Å². The minimum atomic E-state index is -0.248. The highest BCUT2D eigenvalue weighted by Gasteiger charge is 2.55. The summed E-state index contributed by atoms with van der Waals surface area (Å²) in [5, 5.41) is 4.00. The predicted molar refractivity (Wildman–Crippen MR) is 97.9 cm³/mol. The maximum absolute atomic E-state index is 11.7. The van der Waals surface area contributed by atoms with Crippen molar-refractivity contribution in [3.8, 4) is 0 Å². The summed E-state index contributed by atoms with van der Waals surface area (Å²) in [6.07, 6.45) is 5.57. The van der Waals surface area contributed by atoms with E-state index in [9.17, 15) is 4.79 Å². The van der Waals surface area contributed by atoms with E-state index in [4.69, 9.17) is 17.0 Å². The van der Waals surface area contributed by atoms with Gasteiger partial charge in [0.25, 0.3) is 10.9 Å². The predicted octanol–water partition coefficient (Wildman–Crippen LogP) is 1.13. The molecule has 1 aliphatic heterocycles. The van der Waals surface area contributed by atoms with Crippen LogP contribution in [0.4, 0.5) is 5.69 Å². The fraction of sp³-hybridized carbons (Fsp3) is 0.500. The molecule has 1 saturated heterocycles. The molecule has 0 radical (unpaired) electrons. The number of nitrogens with zero attached hydrogens (tertiary/aromatic N) is 1. The Morgan fingerprint density at radius 1 is 1.29 bits per heavy atom. The lowest BCUT2D eigenvalue weighted by atomic mass is 9.80. The van der Waals surface area contributed by atoms with Crippen molar-refractivity contribution in [3.63, 3.8) is 0 Å². The standard InChI is InChI=1S/C18H23N3O2S/c1-2-23-15(22)13-19-16-18(11-7-4-8-12-18)21(17(24)20-16)14-9-5-3-6-10-14/h3,5-6,9-10H,2,4,7-8,11-13H2,1H3,(H,19,20,24)/p+1. The molecule has 1 aromatic rings. The monoisotopic (exact) mass is 346 g/mol. The Balaban J connectivity index is 1.94. The largest absolute Gasteiger partial charge is 0.463 e. The molecule has 0 atom stereocenters. The molecule has 3 rings (SSSR count). The number of carbonyl (C=O) groups is 1. The fourth-order valence-corrected chi connectivity index (χ4v) is 4.10. The van der Waals surface area contributed by atoms with Gasteiger partial charge in [-0.05, 0) is 44.1 Å². The highest BCUT2D eigenvalue weighted by atomic mass is 32.1. The van der Waals surface area contributed by atoms with Crippen LogP contribution in [-0.4, -0.2) is 35.6 Å². The van der Waals surface area contributed by atoms with Crippen LogP contribution in [0.2, 0.25) is 0 Å². The van der Waals surface area contributed by atoms with Gasteiger partial charge in [0.15, 0.2) is 6.54 Å². The van der Waals surface area contributed by atoms with Gasteiger partial charge in [0.05, 0.1) is 6.61 Å². The molecule has 0 bridgehead atoms. The molecule has 24 heavy (non-hydrogen) atoms. The highest BCUT2D eigenvalue weighted by Crippen LogP contribution is 2.39. The number of rotatable bonds is 4. The van der Waals surface area contributed by atoms with Crippen molar-refractivity contribution >= 4 is 34.8 Å². The van der Waals surface area contributed by atoms with Gasteiger partial charge in [-0.15, -0.1) is 0 Å². The number of thiocarbonyl (C=S) groups is 1. The third kappa shape index (κ3) is 3.15. The Morgan fingerprint density at radius 2 is 2.00 bits per heavy atom. The van der Waals surface area contributed by atoms with E-state index in [1.807, 2.05) is 25.1 Å². The van der Waals surface area contributed by atoms with E-state index in [1.165, 1.54) is 6.42 Å². The molecule has 1 aromatic carbocycles. The molecule has 1 aliphatic carbocycles. The number of nitrogens with one attached hydrogen (secondary N) is 2. The Labute approximate surface area is 148 Å². The van der Waals surface area contributed by atoms with Crippen LogP contribution < -0.4 is 15.2 Å². The van der Waals surface area contributed by atoms with Crippen molar-refractivity contribution in [2.75, 3.05) is 18.1 Å². The van der Waals surface area contributed by atoms with Crippen molar-refractivity contribution in [2.45, 2.75) is 44.6 Å². The van der Waals surface area contributed by atoms with Crippen molar-refractivity contribution in [1.82, 2.24) is 5.32 Å². The fourth-order valence-electron chi connectivity index (χ4n) is 3.72. The van der Waals surface area contributed by atoms with Gasteiger partial charge in [0.1, 0.15) is 5.54 Å². The number of hydrogen-bond donors (Lipinski definition) is 2. The molecular weight excluding hydrogens is 322 g/mol. The molecule has 0 amide bonds. The molecule has 0 unspecified atom stereocenters.